The number of methoxy groups -OCH3 is 1. The molecule has 0 spiro atoms. The van der Waals surface area contributed by atoms with Gasteiger partial charge in [-0.2, -0.15) is 0 Å². The quantitative estimate of drug-likeness (QED) is 0.169. The lowest BCUT2D eigenvalue weighted by Gasteiger charge is -2.25. The van der Waals surface area contributed by atoms with Crippen LogP contribution >= 0.6 is 11.6 Å². The number of pyridine rings is 1. The number of hydrogen-bond acceptors (Lipinski definition) is 7. The number of aromatic nitrogens is 1. The number of oxime groups is 1. The second kappa shape index (κ2) is 10.5. The van der Waals surface area contributed by atoms with Gasteiger partial charge in [0.25, 0.3) is 0 Å². The van der Waals surface area contributed by atoms with E-state index in [0.717, 1.165) is 64.3 Å². The van der Waals surface area contributed by atoms with Gasteiger partial charge in [0.15, 0.2) is 0 Å². The summed E-state index contributed by atoms with van der Waals surface area (Å²) >= 11 is 6.45. The van der Waals surface area contributed by atoms with Crippen LogP contribution in [0, 0.1) is 0 Å². The lowest BCUT2D eigenvalue weighted by molar-refractivity contribution is 0.102. The van der Waals surface area contributed by atoms with Crippen molar-refractivity contribution in [3.8, 4) is 5.75 Å². The summed E-state index contributed by atoms with van der Waals surface area (Å²) in [5.41, 5.74) is 4.83. The van der Waals surface area contributed by atoms with Crippen LogP contribution in [0.4, 0.5) is 11.4 Å². The number of likely N-dealkylation sites (tertiary alicyclic amines) is 1. The number of rotatable bonds is 8. The van der Waals surface area contributed by atoms with Crippen molar-refractivity contribution in [2.24, 2.45) is 5.16 Å². The Kier molecular flexibility index (Phi) is 7.06. The number of benzene rings is 2. The van der Waals surface area contributed by atoms with Crippen LogP contribution in [0.5, 0.6) is 5.75 Å². The summed E-state index contributed by atoms with van der Waals surface area (Å²) in [6, 6.07) is 13.8. The van der Waals surface area contributed by atoms with Crippen LogP contribution in [0.2, 0.25) is 5.02 Å². The van der Waals surface area contributed by atoms with Crippen molar-refractivity contribution in [3.63, 3.8) is 0 Å². The van der Waals surface area contributed by atoms with Crippen molar-refractivity contribution in [1.82, 2.24) is 9.88 Å². The highest BCUT2D eigenvalue weighted by Gasteiger charge is 2.16. The highest BCUT2D eigenvalue weighted by atomic mass is 35.5. The Morgan fingerprint density at radius 2 is 1.94 bits per heavy atom. The number of fused-ring (bicyclic) bond motifs is 2. The minimum atomic E-state index is 0.472. The first kappa shape index (κ1) is 23.5. The Hall–Kier alpha value is -3.29. The minimum Gasteiger partial charge on any atom is -0.497 e. The fraction of sp³-hybridized carbons (Fsp3) is 0.333. The summed E-state index contributed by atoms with van der Waals surface area (Å²) in [4.78, 5) is 12.6. The maximum atomic E-state index is 6.45. The molecule has 35 heavy (non-hydrogen) atoms. The number of hydrogen-bond donors (Lipinski definition) is 1. The Morgan fingerprint density at radius 1 is 1.14 bits per heavy atom. The van der Waals surface area contributed by atoms with E-state index < -0.39 is 0 Å². The third-order valence-electron chi connectivity index (χ3n) is 6.39. The molecule has 2 aromatic heterocycles. The first-order valence-corrected chi connectivity index (χ1v) is 12.3. The maximum Gasteiger partial charge on any atom is 0.230 e. The molecule has 5 rings (SSSR count). The summed E-state index contributed by atoms with van der Waals surface area (Å²) in [5, 5.41) is 10.00. The van der Waals surface area contributed by atoms with E-state index in [1.807, 2.05) is 49.4 Å². The van der Waals surface area contributed by atoms with Crippen molar-refractivity contribution < 1.29 is 14.0 Å². The van der Waals surface area contributed by atoms with Gasteiger partial charge in [-0.3, -0.25) is 4.90 Å². The maximum absolute atomic E-state index is 6.45. The molecule has 7 nitrogen and oxygen atoms in total. The van der Waals surface area contributed by atoms with Gasteiger partial charge in [-0.05, 0) is 62.7 Å². The number of anilines is 2. The van der Waals surface area contributed by atoms with Crippen LogP contribution in [0.3, 0.4) is 0 Å². The highest BCUT2D eigenvalue weighted by Crippen LogP contribution is 2.39. The standard InChI is InChI=1S/C27H29ClN4O3/c1-18(31-35-15-14-32-12-4-3-5-13-32)19-6-8-20(9-7-19)29-26-22-11-10-21(33-2)16-24(22)30-27-25(26)23(28)17-34-27/h6-11,16-17H,3-5,12-15H2,1-2H3,(H,29,30)/b31-18+. The molecular formula is C27H29ClN4O3. The van der Waals surface area contributed by atoms with Gasteiger partial charge in [0.1, 0.15) is 18.6 Å². The molecule has 182 valence electrons. The Bertz CT molecular complexity index is 1340. The van der Waals surface area contributed by atoms with E-state index in [0.29, 0.717) is 17.3 Å². The predicted molar refractivity (Wildman–Crippen MR) is 141 cm³/mol. The third kappa shape index (κ3) is 5.21. The summed E-state index contributed by atoms with van der Waals surface area (Å²) in [7, 11) is 1.63. The molecule has 0 radical (unpaired) electrons. The molecule has 1 N–H and O–H groups in total. The van der Waals surface area contributed by atoms with E-state index in [2.05, 4.69) is 20.4 Å². The molecule has 1 aliphatic heterocycles. The molecule has 0 atom stereocenters. The molecule has 1 fully saturated rings. The van der Waals surface area contributed by atoms with Gasteiger partial charge in [0, 0.05) is 23.7 Å². The Labute approximate surface area is 209 Å². The molecule has 0 bridgehead atoms. The molecule has 0 amide bonds. The van der Waals surface area contributed by atoms with Crippen molar-refractivity contribution in [2.45, 2.75) is 26.2 Å². The van der Waals surface area contributed by atoms with E-state index in [9.17, 15) is 0 Å². The van der Waals surface area contributed by atoms with Gasteiger partial charge in [0.2, 0.25) is 5.71 Å². The molecule has 3 heterocycles. The van der Waals surface area contributed by atoms with Gasteiger partial charge in [-0.25, -0.2) is 4.98 Å². The molecular weight excluding hydrogens is 464 g/mol. The van der Waals surface area contributed by atoms with Crippen LogP contribution < -0.4 is 10.1 Å². The molecule has 2 aromatic carbocycles. The third-order valence-corrected chi connectivity index (χ3v) is 6.67. The van der Waals surface area contributed by atoms with Crippen molar-refractivity contribution in [2.75, 3.05) is 38.7 Å². The van der Waals surface area contributed by atoms with E-state index in [4.69, 9.17) is 25.6 Å². The SMILES string of the molecule is COc1ccc2c(Nc3ccc(/C(C)=N/OCCN4CCCCC4)cc3)c3c(Cl)coc3nc2c1. The second-order valence-electron chi connectivity index (χ2n) is 8.75. The second-order valence-corrected chi connectivity index (χ2v) is 9.16. The number of ether oxygens (including phenoxy) is 1. The van der Waals surface area contributed by atoms with Crippen LogP contribution in [-0.2, 0) is 4.84 Å². The molecule has 1 saturated heterocycles. The van der Waals surface area contributed by atoms with Crippen molar-refractivity contribution >= 4 is 50.7 Å². The summed E-state index contributed by atoms with van der Waals surface area (Å²) in [6.07, 6.45) is 5.41. The molecule has 1 aliphatic rings. The number of halogens is 1. The van der Waals surface area contributed by atoms with Crippen molar-refractivity contribution in [3.05, 3.63) is 59.3 Å². The summed E-state index contributed by atoms with van der Waals surface area (Å²) in [5.74, 6) is 0.727. The molecule has 0 unspecified atom stereocenters. The smallest absolute Gasteiger partial charge is 0.230 e. The van der Waals surface area contributed by atoms with Gasteiger partial charge >= 0.3 is 0 Å². The normalized spacial score (nSPS) is 15.0. The first-order valence-electron chi connectivity index (χ1n) is 11.9. The molecule has 0 aliphatic carbocycles. The first-order chi connectivity index (χ1) is 17.1. The van der Waals surface area contributed by atoms with Gasteiger partial charge in [0.05, 0.1) is 34.4 Å². The van der Waals surface area contributed by atoms with Crippen LogP contribution in [0.1, 0.15) is 31.7 Å². The average molecular weight is 493 g/mol. The number of nitrogens with zero attached hydrogens (tertiary/aromatic N) is 3. The van der Waals surface area contributed by atoms with Crippen LogP contribution in [0.25, 0.3) is 22.0 Å². The largest absolute Gasteiger partial charge is 0.497 e. The molecule has 4 aromatic rings. The fourth-order valence-electron chi connectivity index (χ4n) is 4.44. The molecule has 0 saturated carbocycles. The number of furan rings is 1. The number of nitrogens with one attached hydrogen (secondary N) is 1. The van der Waals surface area contributed by atoms with E-state index in [1.54, 1.807) is 7.11 Å². The van der Waals surface area contributed by atoms with Gasteiger partial charge in [-0.1, -0.05) is 35.3 Å². The monoisotopic (exact) mass is 492 g/mol. The predicted octanol–water partition coefficient (Wildman–Crippen LogP) is 6.61. The topological polar surface area (TPSA) is 72.1 Å². The Morgan fingerprint density at radius 3 is 2.71 bits per heavy atom. The highest BCUT2D eigenvalue weighted by molar-refractivity contribution is 6.37. The van der Waals surface area contributed by atoms with Crippen LogP contribution in [0.15, 0.2) is 58.3 Å². The van der Waals surface area contributed by atoms with Crippen LogP contribution in [-0.4, -0.2) is 48.9 Å². The zero-order chi connectivity index (χ0) is 24.2. The summed E-state index contributed by atoms with van der Waals surface area (Å²) in [6.45, 7) is 5.82. The van der Waals surface area contributed by atoms with Crippen molar-refractivity contribution in [1.29, 1.82) is 0 Å². The van der Waals surface area contributed by atoms with Gasteiger partial charge < -0.3 is 19.3 Å². The zero-order valence-electron chi connectivity index (χ0n) is 20.0. The summed E-state index contributed by atoms with van der Waals surface area (Å²) < 4.78 is 10.9. The van der Waals surface area contributed by atoms with E-state index in [-0.39, 0.29) is 0 Å². The minimum absolute atomic E-state index is 0.472. The van der Waals surface area contributed by atoms with E-state index in [1.165, 1.54) is 25.5 Å². The molecule has 8 heteroatoms. The van der Waals surface area contributed by atoms with E-state index >= 15 is 0 Å². The lowest BCUT2D eigenvalue weighted by atomic mass is 10.1. The number of piperidine rings is 1. The Balaban J connectivity index is 1.32. The zero-order valence-corrected chi connectivity index (χ0v) is 20.8. The fourth-order valence-corrected chi connectivity index (χ4v) is 4.66. The van der Waals surface area contributed by atoms with Gasteiger partial charge in [-0.15, -0.1) is 0 Å². The lowest BCUT2D eigenvalue weighted by Crippen LogP contribution is -2.32. The average Bonchev–Trinajstić information content (AvgIpc) is 3.27.